The molecule has 8 heteroatoms. The van der Waals surface area contributed by atoms with Gasteiger partial charge < -0.3 is 11.1 Å². The summed E-state index contributed by atoms with van der Waals surface area (Å²) in [5.41, 5.74) is 4.03. The van der Waals surface area contributed by atoms with Crippen LogP contribution in [0.3, 0.4) is 0 Å². The third-order valence-electron chi connectivity index (χ3n) is 3.49. The van der Waals surface area contributed by atoms with Crippen molar-refractivity contribution in [1.29, 1.82) is 5.26 Å². The van der Waals surface area contributed by atoms with Crippen molar-refractivity contribution in [1.82, 2.24) is 10.3 Å². The SMILES string of the molecule is N#CC1(NC(=O)[CH]CC(F)(F)Cc2ncccc2C(N)=O)CC1. The first-order valence-corrected chi connectivity index (χ1v) is 6.95. The lowest BCUT2D eigenvalue weighted by atomic mass is 10.0. The van der Waals surface area contributed by atoms with Crippen LogP contribution in [0.25, 0.3) is 0 Å². The Hall–Kier alpha value is -2.56. The number of amides is 2. The summed E-state index contributed by atoms with van der Waals surface area (Å²) >= 11 is 0. The molecule has 1 aromatic rings. The normalized spacial score (nSPS) is 15.5. The molecular weight excluding hydrogens is 306 g/mol. The fraction of sp³-hybridized carbons (Fsp3) is 0.400. The van der Waals surface area contributed by atoms with Crippen molar-refractivity contribution < 1.29 is 18.4 Å². The molecule has 23 heavy (non-hydrogen) atoms. The number of hydrogen-bond acceptors (Lipinski definition) is 4. The van der Waals surface area contributed by atoms with Crippen molar-refractivity contribution >= 4 is 11.8 Å². The van der Waals surface area contributed by atoms with E-state index in [9.17, 15) is 18.4 Å². The number of nitrogens with one attached hydrogen (secondary N) is 1. The number of hydrogen-bond donors (Lipinski definition) is 2. The Morgan fingerprint density at radius 3 is 2.78 bits per heavy atom. The minimum absolute atomic E-state index is 0.0713. The van der Waals surface area contributed by atoms with Crippen molar-refractivity contribution in [2.24, 2.45) is 5.73 Å². The lowest BCUT2D eigenvalue weighted by molar-refractivity contribution is -0.119. The summed E-state index contributed by atoms with van der Waals surface area (Å²) in [6.07, 6.45) is 1.52. The van der Waals surface area contributed by atoms with E-state index < -0.39 is 36.1 Å². The molecule has 121 valence electrons. The van der Waals surface area contributed by atoms with Gasteiger partial charge in [-0.25, -0.2) is 8.78 Å². The molecule has 0 atom stereocenters. The average Bonchev–Trinajstić information content (AvgIpc) is 3.25. The molecule has 0 saturated heterocycles. The van der Waals surface area contributed by atoms with Crippen LogP contribution >= 0.6 is 0 Å². The molecule has 1 aliphatic rings. The second-order valence-electron chi connectivity index (χ2n) is 5.49. The molecule has 0 unspecified atom stereocenters. The first-order valence-electron chi connectivity index (χ1n) is 6.95. The van der Waals surface area contributed by atoms with Crippen LogP contribution in [0.2, 0.25) is 0 Å². The smallest absolute Gasteiger partial charge is 0.254 e. The summed E-state index contributed by atoms with van der Waals surface area (Å²) in [5.74, 6) is -4.81. The van der Waals surface area contributed by atoms with Crippen molar-refractivity contribution in [3.05, 3.63) is 36.0 Å². The summed E-state index contributed by atoms with van der Waals surface area (Å²) in [7, 11) is 0. The van der Waals surface area contributed by atoms with Crippen LogP contribution in [-0.4, -0.2) is 28.3 Å². The maximum absolute atomic E-state index is 14.0. The summed E-state index contributed by atoms with van der Waals surface area (Å²) in [6.45, 7) is 0. The van der Waals surface area contributed by atoms with Crippen molar-refractivity contribution in [3.63, 3.8) is 0 Å². The third-order valence-corrected chi connectivity index (χ3v) is 3.49. The van der Waals surface area contributed by atoms with Gasteiger partial charge in [0.25, 0.3) is 11.8 Å². The fourth-order valence-electron chi connectivity index (χ4n) is 2.04. The van der Waals surface area contributed by atoms with Gasteiger partial charge in [-0.1, -0.05) is 0 Å². The zero-order valence-electron chi connectivity index (χ0n) is 12.2. The van der Waals surface area contributed by atoms with Crippen LogP contribution < -0.4 is 11.1 Å². The fourth-order valence-corrected chi connectivity index (χ4v) is 2.04. The van der Waals surface area contributed by atoms with E-state index in [1.54, 1.807) is 0 Å². The molecule has 0 aromatic carbocycles. The molecule has 1 saturated carbocycles. The highest BCUT2D eigenvalue weighted by Gasteiger charge is 2.45. The Morgan fingerprint density at radius 1 is 1.52 bits per heavy atom. The van der Waals surface area contributed by atoms with Crippen LogP contribution in [0.4, 0.5) is 8.78 Å². The molecule has 2 rings (SSSR count). The molecule has 2 amide bonds. The summed E-state index contributed by atoms with van der Waals surface area (Å²) in [6, 6.07) is 4.69. The van der Waals surface area contributed by atoms with E-state index in [2.05, 4.69) is 10.3 Å². The van der Waals surface area contributed by atoms with Crippen molar-refractivity contribution in [2.45, 2.75) is 37.1 Å². The van der Waals surface area contributed by atoms with E-state index in [0.29, 0.717) is 12.8 Å². The van der Waals surface area contributed by atoms with Gasteiger partial charge in [0.15, 0.2) is 0 Å². The molecule has 1 aliphatic carbocycles. The van der Waals surface area contributed by atoms with Crippen LogP contribution in [0.5, 0.6) is 0 Å². The van der Waals surface area contributed by atoms with E-state index in [0.717, 1.165) is 6.42 Å². The van der Waals surface area contributed by atoms with Crippen LogP contribution in [-0.2, 0) is 11.2 Å². The zero-order chi connectivity index (χ0) is 17.1. The predicted molar refractivity (Wildman–Crippen MR) is 76.0 cm³/mol. The lowest BCUT2D eigenvalue weighted by Crippen LogP contribution is -2.37. The van der Waals surface area contributed by atoms with Crippen LogP contribution in [0.15, 0.2) is 18.3 Å². The monoisotopic (exact) mass is 321 g/mol. The Bertz CT molecular complexity index is 666. The number of nitriles is 1. The molecule has 0 bridgehead atoms. The quantitative estimate of drug-likeness (QED) is 0.784. The predicted octanol–water partition coefficient (Wildman–Crippen LogP) is 1.13. The highest BCUT2D eigenvalue weighted by molar-refractivity contribution is 5.93. The van der Waals surface area contributed by atoms with Gasteiger partial charge in [-0.3, -0.25) is 14.6 Å². The third kappa shape index (κ3) is 4.45. The van der Waals surface area contributed by atoms with Crippen molar-refractivity contribution in [3.8, 4) is 6.07 Å². The number of primary amides is 1. The maximum Gasteiger partial charge on any atom is 0.254 e. The number of pyridine rings is 1. The Labute approximate surface area is 131 Å². The van der Waals surface area contributed by atoms with E-state index in [1.165, 1.54) is 18.3 Å². The Kier molecular flexibility index (Phi) is 4.59. The van der Waals surface area contributed by atoms with Gasteiger partial charge in [0, 0.05) is 12.6 Å². The van der Waals surface area contributed by atoms with Gasteiger partial charge >= 0.3 is 0 Å². The van der Waals surface area contributed by atoms with Gasteiger partial charge in [0.1, 0.15) is 5.54 Å². The molecule has 0 aliphatic heterocycles. The Balaban J connectivity index is 1.93. The second kappa shape index (κ2) is 6.28. The topological polar surface area (TPSA) is 109 Å². The molecule has 1 radical (unpaired) electrons. The first-order chi connectivity index (χ1) is 10.8. The molecule has 3 N–H and O–H groups in total. The Morgan fingerprint density at radius 2 is 2.22 bits per heavy atom. The minimum atomic E-state index is -3.26. The number of carbonyl (C=O) groups is 2. The molecular formula is C15H15F2N4O2. The highest BCUT2D eigenvalue weighted by atomic mass is 19.3. The maximum atomic E-state index is 14.0. The van der Waals surface area contributed by atoms with Crippen LogP contribution in [0.1, 0.15) is 35.3 Å². The van der Waals surface area contributed by atoms with Gasteiger partial charge in [-0.05, 0) is 25.0 Å². The zero-order valence-corrected chi connectivity index (χ0v) is 12.2. The largest absolute Gasteiger partial charge is 0.366 e. The van der Waals surface area contributed by atoms with Gasteiger partial charge in [-0.2, -0.15) is 5.26 Å². The summed E-state index contributed by atoms with van der Waals surface area (Å²) in [4.78, 5) is 26.6. The van der Waals surface area contributed by atoms with Crippen molar-refractivity contribution in [2.75, 3.05) is 0 Å². The number of alkyl halides is 2. The molecule has 1 fully saturated rings. The van der Waals surface area contributed by atoms with Gasteiger partial charge in [0.05, 0.1) is 30.2 Å². The first kappa shape index (κ1) is 16.8. The van der Waals surface area contributed by atoms with E-state index in [-0.39, 0.29) is 11.3 Å². The van der Waals surface area contributed by atoms with E-state index >= 15 is 0 Å². The van der Waals surface area contributed by atoms with Gasteiger partial charge in [0.2, 0.25) is 5.91 Å². The molecule has 0 spiro atoms. The highest BCUT2D eigenvalue weighted by Crippen LogP contribution is 2.34. The van der Waals surface area contributed by atoms with Crippen LogP contribution in [0, 0.1) is 17.8 Å². The lowest BCUT2D eigenvalue weighted by Gasteiger charge is -2.17. The number of nitrogens with zero attached hydrogens (tertiary/aromatic N) is 2. The molecule has 1 aromatic heterocycles. The van der Waals surface area contributed by atoms with E-state index in [1.807, 2.05) is 6.07 Å². The standard InChI is InChI=1S/C15H15F2N4O2/c16-15(17,4-3-12(22)21-14(9-18)5-6-14)8-11-10(13(19)23)2-1-7-20-11/h1-3,7H,4-6,8H2,(H2,19,23)(H,21,22). The van der Waals surface area contributed by atoms with E-state index in [4.69, 9.17) is 11.0 Å². The molecule has 6 nitrogen and oxygen atoms in total. The number of carbonyl (C=O) groups excluding carboxylic acids is 2. The number of halogens is 2. The summed E-state index contributed by atoms with van der Waals surface area (Å²) in [5, 5.41) is 11.2. The summed E-state index contributed by atoms with van der Waals surface area (Å²) < 4.78 is 28.0. The second-order valence-corrected chi connectivity index (χ2v) is 5.49. The molecule has 1 heterocycles. The average molecular weight is 321 g/mol. The minimum Gasteiger partial charge on any atom is -0.366 e. The number of aromatic nitrogens is 1. The number of rotatable bonds is 7. The number of nitrogens with two attached hydrogens (primary N) is 1. The van der Waals surface area contributed by atoms with Gasteiger partial charge in [-0.15, -0.1) is 0 Å².